The zero-order valence-electron chi connectivity index (χ0n) is 23.5. The van der Waals surface area contributed by atoms with Crippen LogP contribution < -0.4 is 4.57 Å². The summed E-state index contributed by atoms with van der Waals surface area (Å²) in [5.41, 5.74) is 11.0. The number of aromatic nitrogens is 5. The molecule has 0 aliphatic heterocycles. The van der Waals surface area contributed by atoms with Crippen LogP contribution in [0.3, 0.4) is 0 Å². The molecule has 0 amide bonds. The fraction of sp³-hybridized carbons (Fsp3) is 0. The summed E-state index contributed by atoms with van der Waals surface area (Å²) in [7, 11) is 0. The Balaban J connectivity index is 1.26. The van der Waals surface area contributed by atoms with Gasteiger partial charge in [0, 0.05) is 11.3 Å². The van der Waals surface area contributed by atoms with E-state index in [4.69, 9.17) is 4.98 Å². The van der Waals surface area contributed by atoms with E-state index in [9.17, 15) is 5.11 Å². The van der Waals surface area contributed by atoms with Gasteiger partial charge in [-0.2, -0.15) is 0 Å². The first-order valence-electron chi connectivity index (χ1n) is 14.6. The van der Waals surface area contributed by atoms with Crippen LogP contribution in [0.2, 0.25) is 0 Å². The molecule has 6 nitrogen and oxygen atoms in total. The maximum Gasteiger partial charge on any atom is 0.269 e. The van der Waals surface area contributed by atoms with Crippen LogP contribution in [0, 0.1) is 6.33 Å². The van der Waals surface area contributed by atoms with E-state index < -0.39 is 0 Å². The van der Waals surface area contributed by atoms with Gasteiger partial charge in [-0.25, -0.2) is 4.98 Å². The lowest BCUT2D eigenvalue weighted by Crippen LogP contribution is -2.29. The number of rotatable bonds is 4. The lowest BCUT2D eigenvalue weighted by atomic mass is 10.0. The molecule has 44 heavy (non-hydrogen) atoms. The van der Waals surface area contributed by atoms with E-state index in [-0.39, 0.29) is 5.75 Å². The Labute approximate surface area is 252 Å². The minimum atomic E-state index is 0.205. The first-order chi connectivity index (χ1) is 21.8. The molecule has 3 aromatic heterocycles. The van der Waals surface area contributed by atoms with E-state index >= 15 is 0 Å². The lowest BCUT2D eigenvalue weighted by molar-refractivity contribution is -0.573. The number of phenolic OH excluding ortho intramolecular Hbond substituents is 1. The molecule has 6 aromatic carbocycles. The van der Waals surface area contributed by atoms with Crippen molar-refractivity contribution in [3.63, 3.8) is 0 Å². The molecule has 0 unspecified atom stereocenters. The quantitative estimate of drug-likeness (QED) is 0.174. The molecule has 1 N–H and O–H groups in total. The summed E-state index contributed by atoms with van der Waals surface area (Å²) in [5, 5.41) is 10.6. The van der Waals surface area contributed by atoms with Gasteiger partial charge in [0.15, 0.2) is 0 Å². The summed E-state index contributed by atoms with van der Waals surface area (Å²) in [6, 6.07) is 49.2. The van der Waals surface area contributed by atoms with E-state index in [0.29, 0.717) is 5.69 Å². The SMILES string of the molecule is Oc1ccccc1-[n+]1[c-]n(-c2cccc(-c3cccc4c3nc3n(-c5ccccc5)c5ccccc5n43)c2)c2ccccc21. The summed E-state index contributed by atoms with van der Waals surface area (Å²) in [5.74, 6) is 1.08. The summed E-state index contributed by atoms with van der Waals surface area (Å²) in [6.45, 7) is 0. The normalized spacial score (nSPS) is 11.7. The van der Waals surface area contributed by atoms with Gasteiger partial charge in [0.2, 0.25) is 5.78 Å². The fourth-order valence-corrected chi connectivity index (χ4v) is 6.39. The zero-order chi connectivity index (χ0) is 29.2. The predicted molar refractivity (Wildman–Crippen MR) is 174 cm³/mol. The zero-order valence-corrected chi connectivity index (χ0v) is 23.5. The van der Waals surface area contributed by atoms with Crippen LogP contribution in [-0.2, 0) is 0 Å². The number of hydrogen-bond donors (Lipinski definition) is 1. The molecule has 6 heteroatoms. The van der Waals surface area contributed by atoms with Crippen LogP contribution in [0.15, 0.2) is 146 Å². The first-order valence-corrected chi connectivity index (χ1v) is 14.6. The molecule has 9 rings (SSSR count). The monoisotopic (exact) mass is 567 g/mol. The van der Waals surface area contributed by atoms with Crippen molar-refractivity contribution in [2.24, 2.45) is 0 Å². The van der Waals surface area contributed by atoms with Crippen LogP contribution in [0.1, 0.15) is 0 Å². The molecule has 9 aromatic rings. The number of para-hydroxylation sites is 8. The average molecular weight is 568 g/mol. The van der Waals surface area contributed by atoms with Crippen molar-refractivity contribution in [3.8, 4) is 33.9 Å². The molecule has 0 fully saturated rings. The molecule has 3 heterocycles. The van der Waals surface area contributed by atoms with Gasteiger partial charge in [-0.05, 0) is 60.2 Å². The highest BCUT2D eigenvalue weighted by atomic mass is 16.3. The van der Waals surface area contributed by atoms with Crippen LogP contribution in [-0.4, -0.2) is 23.6 Å². The number of fused-ring (bicyclic) bond motifs is 6. The largest absolute Gasteiger partial charge is 0.511 e. The summed E-state index contributed by atoms with van der Waals surface area (Å²) in [6.07, 6.45) is 3.49. The smallest absolute Gasteiger partial charge is 0.269 e. The molecule has 208 valence electrons. The molecule has 0 radical (unpaired) electrons. The van der Waals surface area contributed by atoms with E-state index in [1.807, 2.05) is 51.6 Å². The van der Waals surface area contributed by atoms with Crippen molar-refractivity contribution in [2.75, 3.05) is 0 Å². The Bertz CT molecular complexity index is 2520. The summed E-state index contributed by atoms with van der Waals surface area (Å²) >= 11 is 0. The summed E-state index contributed by atoms with van der Waals surface area (Å²) in [4.78, 5) is 5.29. The van der Waals surface area contributed by atoms with Crippen molar-refractivity contribution in [1.82, 2.24) is 18.5 Å². The van der Waals surface area contributed by atoms with Gasteiger partial charge in [0.05, 0.1) is 38.8 Å². The Kier molecular flexibility index (Phi) is 5.25. The highest BCUT2D eigenvalue weighted by molar-refractivity contribution is 5.99. The maximum atomic E-state index is 10.6. The first kappa shape index (κ1) is 24.5. The van der Waals surface area contributed by atoms with Gasteiger partial charge in [0.25, 0.3) is 6.33 Å². The Morgan fingerprint density at radius 1 is 0.591 bits per heavy atom. The number of aromatic hydroxyl groups is 1. The highest BCUT2D eigenvalue weighted by Crippen LogP contribution is 2.34. The molecule has 0 atom stereocenters. The average Bonchev–Trinajstić information content (AvgIpc) is 3.75. The van der Waals surface area contributed by atoms with Crippen LogP contribution in [0.25, 0.3) is 67.1 Å². The molecule has 0 aliphatic carbocycles. The third-order valence-corrected chi connectivity index (χ3v) is 8.35. The van der Waals surface area contributed by atoms with Crippen molar-refractivity contribution < 1.29 is 9.67 Å². The van der Waals surface area contributed by atoms with E-state index in [1.54, 1.807) is 6.07 Å². The number of phenols is 1. The minimum Gasteiger partial charge on any atom is -0.511 e. The van der Waals surface area contributed by atoms with Gasteiger partial charge in [-0.3, -0.25) is 18.1 Å². The highest BCUT2D eigenvalue weighted by Gasteiger charge is 2.20. The van der Waals surface area contributed by atoms with Gasteiger partial charge in [0.1, 0.15) is 11.4 Å². The molecular formula is C38H25N5O. The topological polar surface area (TPSA) is 51.3 Å². The van der Waals surface area contributed by atoms with Gasteiger partial charge >= 0.3 is 0 Å². The van der Waals surface area contributed by atoms with Crippen molar-refractivity contribution >= 4 is 38.9 Å². The van der Waals surface area contributed by atoms with E-state index in [2.05, 4.69) is 112 Å². The number of imidazole rings is 3. The number of benzene rings is 6. The van der Waals surface area contributed by atoms with Gasteiger partial charge in [-0.1, -0.05) is 91.0 Å². The predicted octanol–water partition coefficient (Wildman–Crippen LogP) is 7.82. The van der Waals surface area contributed by atoms with Crippen molar-refractivity contribution in [2.45, 2.75) is 0 Å². The fourth-order valence-electron chi connectivity index (χ4n) is 6.39. The Morgan fingerprint density at radius 3 is 2.14 bits per heavy atom. The van der Waals surface area contributed by atoms with E-state index in [0.717, 1.165) is 61.4 Å². The third kappa shape index (κ3) is 3.55. The van der Waals surface area contributed by atoms with Crippen LogP contribution >= 0.6 is 0 Å². The van der Waals surface area contributed by atoms with Crippen molar-refractivity contribution in [1.29, 1.82) is 0 Å². The second kappa shape index (κ2) is 9.44. The van der Waals surface area contributed by atoms with Gasteiger partial charge in [-0.15, -0.1) is 0 Å². The summed E-state index contributed by atoms with van der Waals surface area (Å²) < 4.78 is 8.45. The third-order valence-electron chi connectivity index (χ3n) is 8.35. The molecule has 0 saturated carbocycles. The second-order valence-electron chi connectivity index (χ2n) is 10.9. The molecule has 0 bridgehead atoms. The van der Waals surface area contributed by atoms with Crippen molar-refractivity contribution in [3.05, 3.63) is 152 Å². The van der Waals surface area contributed by atoms with Crippen LogP contribution in [0.5, 0.6) is 5.75 Å². The number of hydrogen-bond acceptors (Lipinski definition) is 2. The van der Waals surface area contributed by atoms with Gasteiger partial charge < -0.3 is 5.11 Å². The Hall–Kier alpha value is -6.14. The maximum absolute atomic E-state index is 10.6. The lowest BCUT2D eigenvalue weighted by Gasteiger charge is -2.08. The minimum absolute atomic E-state index is 0.205. The standard InChI is InChI=1S/C38H25N5O/c44-36-23-9-8-21-34(36)41-25-40(30-17-4-5-18-31(30)41)28-15-10-12-26(24-28)29-16-11-22-35-37(29)39-38-42(27-13-2-1-3-14-27)32-19-6-7-20-33(32)43(35)38/h1-24,44H. The second-order valence-corrected chi connectivity index (χ2v) is 10.9. The molecule has 0 saturated heterocycles. The van der Waals surface area contributed by atoms with Crippen LogP contribution in [0.4, 0.5) is 0 Å². The number of nitrogens with zero attached hydrogens (tertiary/aromatic N) is 5. The molecule has 0 aliphatic rings. The van der Waals surface area contributed by atoms with E-state index in [1.165, 1.54) is 0 Å². The molecular weight excluding hydrogens is 542 g/mol. The Morgan fingerprint density at radius 2 is 1.27 bits per heavy atom. The molecule has 0 spiro atoms.